The van der Waals surface area contributed by atoms with E-state index in [1.54, 1.807) is 0 Å². The minimum absolute atomic E-state index is 0.324. The Morgan fingerprint density at radius 1 is 1.42 bits per heavy atom. The van der Waals surface area contributed by atoms with Gasteiger partial charge in [0.2, 0.25) is 5.91 Å². The van der Waals surface area contributed by atoms with Gasteiger partial charge in [0.1, 0.15) is 5.76 Å². The Morgan fingerprint density at radius 3 is 2.83 bits per heavy atom. The number of carbonyl (C=O) groups excluding carboxylic acids is 1. The summed E-state index contributed by atoms with van der Waals surface area (Å²) in [5.41, 5.74) is 0.977. The van der Waals surface area contributed by atoms with E-state index in [0.717, 1.165) is 57.3 Å². The van der Waals surface area contributed by atoms with Crippen molar-refractivity contribution in [3.05, 3.63) is 17.5 Å². The Morgan fingerprint density at radius 2 is 2.21 bits per heavy atom. The summed E-state index contributed by atoms with van der Waals surface area (Å²) in [4.78, 5) is 17.0. The van der Waals surface area contributed by atoms with E-state index < -0.39 is 0 Å². The summed E-state index contributed by atoms with van der Waals surface area (Å²) in [6.07, 6.45) is 3.19. The van der Waals surface area contributed by atoms with Gasteiger partial charge in [0, 0.05) is 45.2 Å². The maximum Gasteiger partial charge on any atom is 0.222 e. The second-order valence-corrected chi connectivity index (χ2v) is 7.37. The third kappa shape index (κ3) is 4.57. The molecule has 1 amide bonds. The molecule has 6 heteroatoms. The normalized spacial score (nSPS) is 24.1. The standard InChI is InChI=1S/C18H30N4O2/c1-14(16-4-3-5-19-12-16)10-18(23)22-8-6-21(7-9-22)13-17-11-15(2)24-20-17/h11,14,16,19H,3-10,12-13H2,1-2H3. The van der Waals surface area contributed by atoms with Crippen LogP contribution >= 0.6 is 0 Å². The zero-order chi connectivity index (χ0) is 16.9. The van der Waals surface area contributed by atoms with Gasteiger partial charge in [0.25, 0.3) is 0 Å². The molecule has 1 aromatic rings. The zero-order valence-electron chi connectivity index (χ0n) is 15.0. The summed E-state index contributed by atoms with van der Waals surface area (Å²) in [7, 11) is 0. The van der Waals surface area contributed by atoms with Gasteiger partial charge in [-0.25, -0.2) is 0 Å². The van der Waals surface area contributed by atoms with Crippen molar-refractivity contribution < 1.29 is 9.32 Å². The van der Waals surface area contributed by atoms with E-state index in [4.69, 9.17) is 4.52 Å². The Bertz CT molecular complexity index is 531. The molecule has 3 rings (SSSR count). The van der Waals surface area contributed by atoms with E-state index in [0.29, 0.717) is 24.2 Å². The minimum Gasteiger partial charge on any atom is -0.361 e. The van der Waals surface area contributed by atoms with Crippen LogP contribution in [0.1, 0.15) is 37.6 Å². The van der Waals surface area contributed by atoms with Crippen molar-refractivity contribution in [2.75, 3.05) is 39.3 Å². The molecular weight excluding hydrogens is 304 g/mol. The van der Waals surface area contributed by atoms with Gasteiger partial charge in [-0.3, -0.25) is 9.69 Å². The molecule has 134 valence electrons. The summed E-state index contributed by atoms with van der Waals surface area (Å²) >= 11 is 0. The number of nitrogens with zero attached hydrogens (tertiary/aromatic N) is 3. The van der Waals surface area contributed by atoms with Crippen LogP contribution in [-0.4, -0.2) is 60.1 Å². The third-order valence-electron chi connectivity index (χ3n) is 5.42. The van der Waals surface area contributed by atoms with Crippen LogP contribution in [0.15, 0.2) is 10.6 Å². The van der Waals surface area contributed by atoms with Crippen LogP contribution in [0, 0.1) is 18.8 Å². The highest BCUT2D eigenvalue weighted by Gasteiger charge is 2.26. The molecule has 0 radical (unpaired) electrons. The Hall–Kier alpha value is -1.40. The molecule has 2 fully saturated rings. The monoisotopic (exact) mass is 334 g/mol. The lowest BCUT2D eigenvalue weighted by Gasteiger charge is -2.35. The van der Waals surface area contributed by atoms with Crippen LogP contribution in [0.5, 0.6) is 0 Å². The number of hydrogen-bond acceptors (Lipinski definition) is 5. The number of carbonyl (C=O) groups is 1. The number of amides is 1. The van der Waals surface area contributed by atoms with Crippen LogP contribution in [0.25, 0.3) is 0 Å². The van der Waals surface area contributed by atoms with Crippen molar-refractivity contribution in [1.29, 1.82) is 0 Å². The first-order chi connectivity index (χ1) is 11.6. The summed E-state index contributed by atoms with van der Waals surface area (Å²) in [6.45, 7) is 10.6. The zero-order valence-corrected chi connectivity index (χ0v) is 15.0. The predicted octanol–water partition coefficient (Wildman–Crippen LogP) is 1.65. The van der Waals surface area contributed by atoms with Gasteiger partial charge in [-0.2, -0.15) is 0 Å². The van der Waals surface area contributed by atoms with E-state index in [1.165, 1.54) is 12.8 Å². The van der Waals surface area contributed by atoms with Crippen molar-refractivity contribution in [3.63, 3.8) is 0 Å². The molecular formula is C18H30N4O2. The second-order valence-electron chi connectivity index (χ2n) is 7.37. The summed E-state index contributed by atoms with van der Waals surface area (Å²) < 4.78 is 5.12. The van der Waals surface area contributed by atoms with Crippen molar-refractivity contribution >= 4 is 5.91 Å². The number of piperidine rings is 1. The third-order valence-corrected chi connectivity index (χ3v) is 5.42. The number of rotatable bonds is 5. The molecule has 0 aromatic carbocycles. The molecule has 24 heavy (non-hydrogen) atoms. The summed E-state index contributed by atoms with van der Waals surface area (Å²) in [6, 6.07) is 1.98. The number of piperazine rings is 1. The second kappa shape index (κ2) is 8.12. The minimum atomic E-state index is 0.324. The van der Waals surface area contributed by atoms with E-state index >= 15 is 0 Å². The average Bonchev–Trinajstić information content (AvgIpc) is 3.01. The Balaban J connectivity index is 1.41. The molecule has 0 saturated carbocycles. The molecule has 0 bridgehead atoms. The topological polar surface area (TPSA) is 61.6 Å². The number of aromatic nitrogens is 1. The van der Waals surface area contributed by atoms with Gasteiger partial charge in [-0.1, -0.05) is 12.1 Å². The molecule has 2 unspecified atom stereocenters. The Kier molecular flexibility index (Phi) is 5.89. The summed E-state index contributed by atoms with van der Waals surface area (Å²) in [5.74, 6) is 2.30. The number of hydrogen-bond donors (Lipinski definition) is 1. The molecule has 0 aliphatic carbocycles. The molecule has 6 nitrogen and oxygen atoms in total. The SMILES string of the molecule is Cc1cc(CN2CCN(C(=O)CC(C)C3CCCNC3)CC2)no1. The van der Waals surface area contributed by atoms with Crippen LogP contribution in [0.3, 0.4) is 0 Å². The predicted molar refractivity (Wildman–Crippen MR) is 92.5 cm³/mol. The van der Waals surface area contributed by atoms with Crippen molar-refractivity contribution in [3.8, 4) is 0 Å². The lowest BCUT2D eigenvalue weighted by molar-refractivity contribution is -0.134. The first-order valence-electron chi connectivity index (χ1n) is 9.25. The van der Waals surface area contributed by atoms with Crippen LogP contribution in [0.4, 0.5) is 0 Å². The van der Waals surface area contributed by atoms with Crippen molar-refractivity contribution in [2.24, 2.45) is 11.8 Å². The average molecular weight is 334 g/mol. The van der Waals surface area contributed by atoms with Crippen LogP contribution in [-0.2, 0) is 11.3 Å². The lowest BCUT2D eigenvalue weighted by atomic mass is 9.85. The number of aryl methyl sites for hydroxylation is 1. The highest BCUT2D eigenvalue weighted by Crippen LogP contribution is 2.23. The molecule has 2 aliphatic rings. The van der Waals surface area contributed by atoms with Gasteiger partial charge in [0.05, 0.1) is 5.69 Å². The van der Waals surface area contributed by atoms with Crippen molar-refractivity contribution in [2.45, 2.75) is 39.7 Å². The first kappa shape index (κ1) is 17.4. The van der Waals surface area contributed by atoms with Gasteiger partial charge >= 0.3 is 0 Å². The molecule has 2 saturated heterocycles. The molecule has 1 N–H and O–H groups in total. The fourth-order valence-electron chi connectivity index (χ4n) is 3.81. The molecule has 0 spiro atoms. The molecule has 2 aliphatic heterocycles. The fourth-order valence-corrected chi connectivity index (χ4v) is 3.81. The highest BCUT2D eigenvalue weighted by atomic mass is 16.5. The maximum atomic E-state index is 12.6. The largest absolute Gasteiger partial charge is 0.361 e. The van der Waals surface area contributed by atoms with Gasteiger partial charge in [0.15, 0.2) is 0 Å². The van der Waals surface area contributed by atoms with E-state index in [9.17, 15) is 4.79 Å². The van der Waals surface area contributed by atoms with Crippen LogP contribution < -0.4 is 5.32 Å². The van der Waals surface area contributed by atoms with Crippen LogP contribution in [0.2, 0.25) is 0 Å². The van der Waals surface area contributed by atoms with E-state index in [1.807, 2.05) is 17.9 Å². The maximum absolute atomic E-state index is 12.6. The van der Waals surface area contributed by atoms with Gasteiger partial charge < -0.3 is 14.7 Å². The Labute approximate surface area is 144 Å². The first-order valence-corrected chi connectivity index (χ1v) is 9.25. The lowest BCUT2D eigenvalue weighted by Crippen LogP contribution is -2.49. The van der Waals surface area contributed by atoms with E-state index in [2.05, 4.69) is 22.3 Å². The quantitative estimate of drug-likeness (QED) is 0.887. The highest BCUT2D eigenvalue weighted by molar-refractivity contribution is 5.76. The molecule has 3 heterocycles. The van der Waals surface area contributed by atoms with Crippen molar-refractivity contribution in [1.82, 2.24) is 20.3 Å². The molecule has 2 atom stereocenters. The number of nitrogens with one attached hydrogen (secondary N) is 1. The van der Waals surface area contributed by atoms with Gasteiger partial charge in [-0.05, 0) is 44.7 Å². The fraction of sp³-hybridized carbons (Fsp3) is 0.778. The van der Waals surface area contributed by atoms with E-state index in [-0.39, 0.29) is 0 Å². The van der Waals surface area contributed by atoms with Gasteiger partial charge in [-0.15, -0.1) is 0 Å². The summed E-state index contributed by atoms with van der Waals surface area (Å²) in [5, 5.41) is 7.51. The molecule has 1 aromatic heterocycles. The smallest absolute Gasteiger partial charge is 0.222 e.